The Morgan fingerprint density at radius 3 is 2.62 bits per heavy atom. The molecule has 1 aromatic carbocycles. The molecule has 26 heavy (non-hydrogen) atoms. The zero-order valence-electron chi connectivity index (χ0n) is 13.5. The van der Waals surface area contributed by atoms with Gasteiger partial charge in [0.25, 0.3) is 5.91 Å². The van der Waals surface area contributed by atoms with E-state index in [9.17, 15) is 18.0 Å². The normalized spacial score (nSPS) is 11.2. The van der Waals surface area contributed by atoms with Crippen LogP contribution in [0.4, 0.5) is 29.8 Å². The number of rotatable bonds is 4. The summed E-state index contributed by atoms with van der Waals surface area (Å²) in [5.41, 5.74) is 0.144. The molecular weight excluding hydrogens is 365 g/mol. The van der Waals surface area contributed by atoms with E-state index < -0.39 is 17.6 Å². The van der Waals surface area contributed by atoms with Crippen LogP contribution in [0.25, 0.3) is 0 Å². The zero-order valence-corrected chi connectivity index (χ0v) is 14.3. The molecule has 0 radical (unpaired) electrons. The Labute approximate surface area is 150 Å². The van der Waals surface area contributed by atoms with Crippen LogP contribution in [0, 0.1) is 6.92 Å². The van der Waals surface area contributed by atoms with Crippen LogP contribution in [0.5, 0.6) is 0 Å². The van der Waals surface area contributed by atoms with Gasteiger partial charge in [0.15, 0.2) is 5.13 Å². The summed E-state index contributed by atoms with van der Waals surface area (Å²) < 4.78 is 38.2. The fourth-order valence-corrected chi connectivity index (χ4v) is 2.82. The Kier molecular flexibility index (Phi) is 4.90. The number of aromatic nitrogens is 2. The van der Waals surface area contributed by atoms with Gasteiger partial charge >= 0.3 is 6.18 Å². The van der Waals surface area contributed by atoms with Crippen LogP contribution < -0.4 is 10.6 Å². The van der Waals surface area contributed by atoms with Gasteiger partial charge in [-0.05, 0) is 37.3 Å². The standard InChI is InChI=1S/C17H13F3N4OS/c1-10-4-2-7-14(21-10)24-16-23-13(9-26-16)15(25)22-12-6-3-5-11(8-12)17(18,19)20/h2-9H,1H3,(H,22,25)(H,21,23,24). The maximum absolute atomic E-state index is 12.7. The number of amides is 1. The molecule has 3 rings (SSSR count). The fraction of sp³-hybridized carbons (Fsp3) is 0.118. The van der Waals surface area contributed by atoms with Crippen LogP contribution in [0.1, 0.15) is 21.7 Å². The Hall–Kier alpha value is -2.94. The summed E-state index contributed by atoms with van der Waals surface area (Å²) in [6.45, 7) is 1.85. The lowest BCUT2D eigenvalue weighted by atomic mass is 10.2. The molecule has 0 saturated heterocycles. The molecular formula is C17H13F3N4OS. The first-order valence-corrected chi connectivity index (χ1v) is 8.34. The topological polar surface area (TPSA) is 66.9 Å². The largest absolute Gasteiger partial charge is 0.416 e. The van der Waals surface area contributed by atoms with Crippen molar-refractivity contribution in [2.45, 2.75) is 13.1 Å². The minimum absolute atomic E-state index is 0.0488. The van der Waals surface area contributed by atoms with Crippen molar-refractivity contribution in [3.63, 3.8) is 0 Å². The van der Waals surface area contributed by atoms with Gasteiger partial charge < -0.3 is 10.6 Å². The SMILES string of the molecule is Cc1cccc(Nc2nc(C(=O)Nc3cccc(C(F)(F)F)c3)cs2)n1. The Bertz CT molecular complexity index is 940. The van der Waals surface area contributed by atoms with Crippen molar-refractivity contribution in [1.82, 2.24) is 9.97 Å². The minimum Gasteiger partial charge on any atom is -0.321 e. The molecule has 0 unspecified atom stereocenters. The number of alkyl halides is 3. The van der Waals surface area contributed by atoms with Gasteiger partial charge in [0.1, 0.15) is 11.5 Å². The number of hydrogen-bond donors (Lipinski definition) is 2. The maximum Gasteiger partial charge on any atom is 0.416 e. The monoisotopic (exact) mass is 378 g/mol. The number of thiazole rings is 1. The highest BCUT2D eigenvalue weighted by atomic mass is 32.1. The van der Waals surface area contributed by atoms with Crippen LogP contribution in [-0.2, 0) is 6.18 Å². The number of carbonyl (C=O) groups is 1. The van der Waals surface area contributed by atoms with Crippen molar-refractivity contribution in [2.75, 3.05) is 10.6 Å². The first-order valence-electron chi connectivity index (χ1n) is 7.46. The summed E-state index contributed by atoms with van der Waals surface area (Å²) in [6.07, 6.45) is -4.47. The summed E-state index contributed by atoms with van der Waals surface area (Å²) in [5.74, 6) is -0.00462. The van der Waals surface area contributed by atoms with Gasteiger partial charge in [-0.25, -0.2) is 9.97 Å². The van der Waals surface area contributed by atoms with Gasteiger partial charge in [0.05, 0.1) is 5.56 Å². The van der Waals surface area contributed by atoms with Crippen LogP contribution >= 0.6 is 11.3 Å². The first kappa shape index (κ1) is 17.9. The highest BCUT2D eigenvalue weighted by Crippen LogP contribution is 2.30. The van der Waals surface area contributed by atoms with Gasteiger partial charge in [-0.1, -0.05) is 12.1 Å². The van der Waals surface area contributed by atoms with Crippen LogP contribution in [0.15, 0.2) is 47.8 Å². The Balaban J connectivity index is 1.70. The third-order valence-corrected chi connectivity index (χ3v) is 4.07. The quantitative estimate of drug-likeness (QED) is 0.680. The van der Waals surface area contributed by atoms with E-state index in [4.69, 9.17) is 0 Å². The second-order valence-corrected chi connectivity index (χ2v) is 6.22. The predicted molar refractivity (Wildman–Crippen MR) is 93.8 cm³/mol. The highest BCUT2D eigenvalue weighted by Gasteiger charge is 2.30. The maximum atomic E-state index is 12.7. The molecule has 9 heteroatoms. The summed E-state index contributed by atoms with van der Waals surface area (Å²) in [4.78, 5) is 20.6. The Morgan fingerprint density at radius 1 is 1.12 bits per heavy atom. The van der Waals surface area contributed by atoms with E-state index in [1.54, 1.807) is 6.07 Å². The third kappa shape index (κ3) is 4.37. The smallest absolute Gasteiger partial charge is 0.321 e. The van der Waals surface area contributed by atoms with E-state index in [1.165, 1.54) is 28.8 Å². The number of nitrogens with zero attached hydrogens (tertiary/aromatic N) is 2. The van der Waals surface area contributed by atoms with Crippen molar-refractivity contribution in [1.29, 1.82) is 0 Å². The second kappa shape index (κ2) is 7.12. The lowest BCUT2D eigenvalue weighted by Crippen LogP contribution is -2.13. The number of hydrogen-bond acceptors (Lipinski definition) is 5. The molecule has 2 aromatic heterocycles. The van der Waals surface area contributed by atoms with E-state index in [2.05, 4.69) is 20.6 Å². The van der Waals surface area contributed by atoms with Gasteiger partial charge in [-0.3, -0.25) is 4.79 Å². The van der Waals surface area contributed by atoms with Crippen LogP contribution in [0.3, 0.4) is 0 Å². The number of pyridine rings is 1. The Morgan fingerprint density at radius 2 is 1.88 bits per heavy atom. The third-order valence-electron chi connectivity index (χ3n) is 3.31. The number of nitrogens with one attached hydrogen (secondary N) is 2. The summed E-state index contributed by atoms with van der Waals surface area (Å²) in [6, 6.07) is 9.87. The molecule has 134 valence electrons. The van der Waals surface area contributed by atoms with Crippen molar-refractivity contribution in [3.8, 4) is 0 Å². The van der Waals surface area contributed by atoms with E-state index in [0.717, 1.165) is 17.8 Å². The lowest BCUT2D eigenvalue weighted by molar-refractivity contribution is -0.137. The van der Waals surface area contributed by atoms with E-state index in [0.29, 0.717) is 10.9 Å². The number of aryl methyl sites for hydroxylation is 1. The molecule has 3 aromatic rings. The molecule has 0 aliphatic carbocycles. The number of carbonyl (C=O) groups excluding carboxylic acids is 1. The van der Waals surface area contributed by atoms with Crippen LogP contribution in [0.2, 0.25) is 0 Å². The van der Waals surface area contributed by atoms with E-state index in [1.807, 2.05) is 19.1 Å². The van der Waals surface area contributed by atoms with Gasteiger partial charge in [0.2, 0.25) is 0 Å². The summed E-state index contributed by atoms with van der Waals surface area (Å²) in [5, 5.41) is 7.37. The van der Waals surface area contributed by atoms with Crippen molar-refractivity contribution < 1.29 is 18.0 Å². The number of halogens is 3. The molecule has 0 bridgehead atoms. The van der Waals surface area contributed by atoms with E-state index in [-0.39, 0.29) is 11.4 Å². The van der Waals surface area contributed by atoms with Crippen molar-refractivity contribution in [3.05, 3.63) is 64.8 Å². The molecule has 0 fully saturated rings. The zero-order chi connectivity index (χ0) is 18.7. The molecule has 0 aliphatic rings. The molecule has 5 nitrogen and oxygen atoms in total. The van der Waals surface area contributed by atoms with E-state index >= 15 is 0 Å². The molecule has 0 spiro atoms. The summed E-state index contributed by atoms with van der Waals surface area (Å²) in [7, 11) is 0. The molecule has 0 saturated carbocycles. The second-order valence-electron chi connectivity index (χ2n) is 5.36. The molecule has 0 aliphatic heterocycles. The van der Waals surface area contributed by atoms with Crippen LogP contribution in [-0.4, -0.2) is 15.9 Å². The molecule has 2 heterocycles. The lowest BCUT2D eigenvalue weighted by Gasteiger charge is -2.09. The summed E-state index contributed by atoms with van der Waals surface area (Å²) >= 11 is 1.19. The van der Waals surface area contributed by atoms with Gasteiger partial charge in [0, 0.05) is 16.8 Å². The molecule has 1 amide bonds. The van der Waals surface area contributed by atoms with Gasteiger partial charge in [-0.15, -0.1) is 11.3 Å². The molecule has 0 atom stereocenters. The average molecular weight is 378 g/mol. The van der Waals surface area contributed by atoms with Crippen molar-refractivity contribution in [2.24, 2.45) is 0 Å². The number of benzene rings is 1. The van der Waals surface area contributed by atoms with Gasteiger partial charge in [-0.2, -0.15) is 13.2 Å². The molecule has 2 N–H and O–H groups in total. The van der Waals surface area contributed by atoms with Crippen molar-refractivity contribution >= 4 is 33.9 Å². The minimum atomic E-state index is -4.47. The fourth-order valence-electron chi connectivity index (χ4n) is 2.13. The first-order chi connectivity index (χ1) is 12.3. The predicted octanol–water partition coefficient (Wildman–Crippen LogP) is 4.86. The highest BCUT2D eigenvalue weighted by molar-refractivity contribution is 7.14. The average Bonchev–Trinajstić information content (AvgIpc) is 3.03. The number of anilines is 3.